The Labute approximate surface area is 246 Å². The van der Waals surface area contributed by atoms with Crippen molar-refractivity contribution in [3.8, 4) is 0 Å². The zero-order chi connectivity index (χ0) is 29.6. The third-order valence-corrected chi connectivity index (χ3v) is 8.86. The number of benzene rings is 3. The molecule has 0 unspecified atom stereocenters. The van der Waals surface area contributed by atoms with Crippen molar-refractivity contribution >= 4 is 60.7 Å². The van der Waals surface area contributed by atoms with E-state index in [2.05, 4.69) is 9.71 Å². The number of aromatic nitrogens is 2. The summed E-state index contributed by atoms with van der Waals surface area (Å²) >= 11 is 6.59. The van der Waals surface area contributed by atoms with E-state index < -0.39 is 21.7 Å². The molecule has 1 aliphatic rings. The number of ketones is 1. The topological polar surface area (TPSA) is 98.1 Å². The lowest BCUT2D eigenvalue weighted by atomic mass is 9.93. The average Bonchev–Trinajstić information content (AvgIpc) is 3.26. The van der Waals surface area contributed by atoms with Gasteiger partial charge in [-0.2, -0.15) is 0 Å². The molecule has 0 radical (unpaired) electrons. The first kappa shape index (κ1) is 27.6. The van der Waals surface area contributed by atoms with Crippen LogP contribution in [-0.4, -0.2) is 29.7 Å². The summed E-state index contributed by atoms with van der Waals surface area (Å²) in [5, 5.41) is 1.39. The van der Waals surface area contributed by atoms with Crippen LogP contribution < -0.4 is 4.72 Å². The van der Waals surface area contributed by atoms with Gasteiger partial charge in [-0.15, -0.1) is 0 Å². The summed E-state index contributed by atoms with van der Waals surface area (Å²) < 4.78 is 45.2. The van der Waals surface area contributed by atoms with Crippen molar-refractivity contribution in [2.45, 2.75) is 24.8 Å². The summed E-state index contributed by atoms with van der Waals surface area (Å²) in [5.41, 5.74) is 2.10. The number of aryl methyl sites for hydroxylation is 1. The first-order valence-corrected chi connectivity index (χ1v) is 14.9. The molecule has 7 nitrogen and oxygen atoms in total. The lowest BCUT2D eigenvalue weighted by molar-refractivity contribution is -0.113. The molecule has 0 saturated heterocycles. The second-order valence-corrected chi connectivity index (χ2v) is 12.0. The van der Waals surface area contributed by atoms with Gasteiger partial charge in [0, 0.05) is 33.9 Å². The van der Waals surface area contributed by atoms with Crippen LogP contribution in [0.4, 0.5) is 4.39 Å². The number of hydrogen-bond acceptors (Lipinski definition) is 5. The van der Waals surface area contributed by atoms with Crippen LogP contribution in [0, 0.1) is 12.7 Å². The van der Waals surface area contributed by atoms with E-state index in [0.29, 0.717) is 27.5 Å². The number of halogens is 2. The Kier molecular flexibility index (Phi) is 7.00. The van der Waals surface area contributed by atoms with E-state index in [9.17, 15) is 18.0 Å². The molecule has 0 aliphatic heterocycles. The summed E-state index contributed by atoms with van der Waals surface area (Å²) in [5.74, 6) is -1.76. The largest absolute Gasteiger partial charge is 0.331 e. The number of Topliss-reactive ketones (excluding diaryl/α,β-unsaturated/α-hetero) is 1. The molecular weight excluding hydrogens is 577 g/mol. The third-order valence-electron chi connectivity index (χ3n) is 7.19. The molecule has 0 bridgehead atoms. The Morgan fingerprint density at radius 1 is 1.07 bits per heavy atom. The van der Waals surface area contributed by atoms with Gasteiger partial charge >= 0.3 is 0 Å². The maximum Gasteiger partial charge on any atom is 0.282 e. The molecule has 3 aromatic carbocycles. The molecule has 0 fully saturated rings. The van der Waals surface area contributed by atoms with Crippen LogP contribution in [0.25, 0.3) is 27.4 Å². The summed E-state index contributed by atoms with van der Waals surface area (Å²) in [4.78, 5) is 31.6. The minimum Gasteiger partial charge on any atom is -0.331 e. The Morgan fingerprint density at radius 3 is 2.57 bits per heavy atom. The van der Waals surface area contributed by atoms with Crippen LogP contribution in [0.5, 0.6) is 0 Å². The monoisotopic (exact) mass is 599 g/mol. The van der Waals surface area contributed by atoms with E-state index in [1.54, 1.807) is 49.4 Å². The highest BCUT2D eigenvalue weighted by Gasteiger charge is 2.31. The molecular formula is C32H23ClFN3O4S. The van der Waals surface area contributed by atoms with Gasteiger partial charge in [-0.3, -0.25) is 9.59 Å². The summed E-state index contributed by atoms with van der Waals surface area (Å²) in [6.45, 7) is 1.53. The number of carbonyl (C=O) groups is 2. The molecule has 0 saturated carbocycles. The van der Waals surface area contributed by atoms with Crippen LogP contribution >= 0.6 is 11.6 Å². The Bertz CT molecular complexity index is 2100. The summed E-state index contributed by atoms with van der Waals surface area (Å²) in [6.07, 6.45) is 5.07. The molecule has 1 amide bonds. The summed E-state index contributed by atoms with van der Waals surface area (Å²) in [7, 11) is -4.29. The fourth-order valence-corrected chi connectivity index (χ4v) is 6.34. The summed E-state index contributed by atoms with van der Waals surface area (Å²) in [6, 6.07) is 19.5. The fraction of sp³-hybridized carbons (Fsp3) is 0.0938. The Hall–Kier alpha value is -4.60. The number of nitrogens with zero attached hydrogens (tertiary/aromatic N) is 2. The van der Waals surface area contributed by atoms with Crippen LogP contribution in [0.3, 0.4) is 0 Å². The highest BCUT2D eigenvalue weighted by Crippen LogP contribution is 2.37. The van der Waals surface area contributed by atoms with Gasteiger partial charge in [-0.05, 0) is 48.9 Å². The molecule has 10 heteroatoms. The fourth-order valence-electron chi connectivity index (χ4n) is 5.16. The van der Waals surface area contributed by atoms with Gasteiger partial charge in [0.05, 0.1) is 22.5 Å². The van der Waals surface area contributed by atoms with Gasteiger partial charge in [0.1, 0.15) is 16.7 Å². The van der Waals surface area contributed by atoms with E-state index in [1.165, 1.54) is 22.8 Å². The highest BCUT2D eigenvalue weighted by atomic mass is 35.5. The molecule has 0 spiro atoms. The number of pyridine rings is 1. The van der Waals surface area contributed by atoms with Crippen molar-refractivity contribution in [3.05, 3.63) is 124 Å². The molecule has 0 atom stereocenters. The highest BCUT2D eigenvalue weighted by molar-refractivity contribution is 7.90. The smallest absolute Gasteiger partial charge is 0.282 e. The van der Waals surface area contributed by atoms with Crippen molar-refractivity contribution in [2.75, 3.05) is 0 Å². The molecule has 1 N–H and O–H groups in total. The number of amides is 1. The number of nitrogens with one attached hydrogen (secondary N) is 1. The van der Waals surface area contributed by atoms with Gasteiger partial charge in [0.25, 0.3) is 15.9 Å². The maximum atomic E-state index is 15.1. The third kappa shape index (κ3) is 4.91. The van der Waals surface area contributed by atoms with Crippen LogP contribution in [-0.2, 0) is 21.4 Å². The Morgan fingerprint density at radius 2 is 1.81 bits per heavy atom. The lowest BCUT2D eigenvalue weighted by Gasteiger charge is -2.15. The van der Waals surface area contributed by atoms with E-state index in [0.717, 1.165) is 5.39 Å². The van der Waals surface area contributed by atoms with Gasteiger partial charge in [0.2, 0.25) is 0 Å². The van der Waals surface area contributed by atoms with Crippen molar-refractivity contribution in [2.24, 2.45) is 0 Å². The van der Waals surface area contributed by atoms with E-state index in [-0.39, 0.29) is 45.6 Å². The normalized spacial score (nSPS) is 13.5. The Balaban J connectivity index is 1.62. The van der Waals surface area contributed by atoms with Gasteiger partial charge < -0.3 is 4.57 Å². The standard InChI is InChI=1S/C32H23ClFN3O4S/c1-19-15-24-27(17-25(19)34)37(18-21-16-20-9-5-7-13-26(20)35-31(21)33)30(29(24)23-12-6-8-14-28(23)38)32(39)36-42(40,41)22-10-3-2-4-11-22/h2-13,15-17H,14,18H2,1H3,(H,36,39). The maximum absolute atomic E-state index is 15.1. The molecule has 2 heterocycles. The minimum absolute atomic E-state index is 0.0544. The predicted molar refractivity (Wildman–Crippen MR) is 160 cm³/mol. The van der Waals surface area contributed by atoms with Crippen LogP contribution in [0.15, 0.2) is 95.9 Å². The van der Waals surface area contributed by atoms with E-state index in [1.807, 2.05) is 30.3 Å². The van der Waals surface area contributed by atoms with Gasteiger partial charge in [-0.25, -0.2) is 22.5 Å². The van der Waals surface area contributed by atoms with E-state index >= 15 is 4.39 Å². The van der Waals surface area contributed by atoms with Crippen molar-refractivity contribution < 1.29 is 22.4 Å². The van der Waals surface area contributed by atoms with Crippen LogP contribution in [0.2, 0.25) is 5.15 Å². The molecule has 6 rings (SSSR count). The molecule has 5 aromatic rings. The number of fused-ring (bicyclic) bond motifs is 2. The molecule has 1 aliphatic carbocycles. The van der Waals surface area contributed by atoms with Crippen molar-refractivity contribution in [3.63, 3.8) is 0 Å². The first-order chi connectivity index (χ1) is 20.1. The van der Waals surface area contributed by atoms with Gasteiger partial charge in [-0.1, -0.05) is 66.2 Å². The van der Waals surface area contributed by atoms with E-state index in [4.69, 9.17) is 11.6 Å². The predicted octanol–water partition coefficient (Wildman–Crippen LogP) is 6.37. The number of sulfonamides is 1. The number of rotatable bonds is 6. The quantitative estimate of drug-likeness (QED) is 0.229. The zero-order valence-electron chi connectivity index (χ0n) is 22.3. The second-order valence-electron chi connectivity index (χ2n) is 9.94. The number of para-hydroxylation sites is 1. The second kappa shape index (κ2) is 10.7. The zero-order valence-corrected chi connectivity index (χ0v) is 23.8. The van der Waals surface area contributed by atoms with Crippen LogP contribution in [0.1, 0.15) is 33.6 Å². The lowest BCUT2D eigenvalue weighted by Crippen LogP contribution is -2.33. The average molecular weight is 600 g/mol. The van der Waals surface area contributed by atoms with Gasteiger partial charge in [0.15, 0.2) is 5.78 Å². The minimum atomic E-state index is -4.29. The number of hydrogen-bond donors (Lipinski definition) is 1. The number of allylic oxidation sites excluding steroid dienone is 4. The molecule has 2 aromatic heterocycles. The van der Waals surface area contributed by atoms with Crippen molar-refractivity contribution in [1.29, 1.82) is 0 Å². The SMILES string of the molecule is Cc1cc2c(C3=CC=CCC3=O)c(C(=O)NS(=O)(=O)c3ccccc3)n(Cc3cc4ccccc4nc3Cl)c2cc1F. The first-order valence-electron chi connectivity index (χ1n) is 13.0. The molecule has 210 valence electrons. The number of carbonyl (C=O) groups excluding carboxylic acids is 2. The molecule has 42 heavy (non-hydrogen) atoms. The van der Waals surface area contributed by atoms with Crippen molar-refractivity contribution in [1.82, 2.24) is 14.3 Å².